The van der Waals surface area contributed by atoms with Gasteiger partial charge in [0.25, 0.3) is 0 Å². The van der Waals surface area contributed by atoms with Gasteiger partial charge in [-0.1, -0.05) is 37.3 Å². The summed E-state index contributed by atoms with van der Waals surface area (Å²) in [6.45, 7) is 1.66. The highest BCUT2D eigenvalue weighted by Gasteiger charge is 2.29. The molecule has 0 saturated carbocycles. The maximum absolute atomic E-state index is 11.7. The first-order chi connectivity index (χ1) is 7.57. The van der Waals surface area contributed by atoms with Crippen molar-refractivity contribution in [3.63, 3.8) is 0 Å². The van der Waals surface area contributed by atoms with Crippen LogP contribution < -0.4 is 0 Å². The van der Waals surface area contributed by atoms with Gasteiger partial charge in [0.15, 0.2) is 5.78 Å². The Morgan fingerprint density at radius 3 is 2.25 bits per heavy atom. The minimum Gasteiger partial charge on any atom is -0.390 e. The normalized spacial score (nSPS) is 16.5. The van der Waals surface area contributed by atoms with E-state index in [4.69, 9.17) is 0 Å². The van der Waals surface area contributed by atoms with Gasteiger partial charge in [-0.3, -0.25) is 4.79 Å². The Labute approximate surface area is 94.2 Å². The molecule has 1 aromatic rings. The summed E-state index contributed by atoms with van der Waals surface area (Å²) >= 11 is 0. The molecule has 4 heteroatoms. The molecule has 0 aliphatic heterocycles. The Hall–Kier alpha value is -1.23. The molecule has 4 nitrogen and oxygen atoms in total. The first-order valence-corrected chi connectivity index (χ1v) is 5.21. The van der Waals surface area contributed by atoms with E-state index in [1.54, 1.807) is 37.3 Å². The number of ketones is 1. The van der Waals surface area contributed by atoms with Crippen molar-refractivity contribution in [3.8, 4) is 0 Å². The van der Waals surface area contributed by atoms with Crippen LogP contribution in [0.1, 0.15) is 23.7 Å². The second kappa shape index (κ2) is 5.75. The Bertz CT molecular complexity index is 336. The fourth-order valence-electron chi connectivity index (χ4n) is 1.38. The van der Waals surface area contributed by atoms with Crippen molar-refractivity contribution in [3.05, 3.63) is 35.9 Å². The van der Waals surface area contributed by atoms with Crippen LogP contribution in [0.3, 0.4) is 0 Å². The maximum atomic E-state index is 11.7. The highest BCUT2D eigenvalue weighted by atomic mass is 16.4. The van der Waals surface area contributed by atoms with Gasteiger partial charge in [0.1, 0.15) is 12.2 Å². The van der Waals surface area contributed by atoms with Gasteiger partial charge in [-0.25, -0.2) is 0 Å². The second-order valence-corrected chi connectivity index (χ2v) is 3.64. The van der Waals surface area contributed by atoms with E-state index in [9.17, 15) is 20.1 Å². The first-order valence-electron chi connectivity index (χ1n) is 5.21. The average molecular weight is 224 g/mol. The van der Waals surface area contributed by atoms with Crippen LogP contribution in [0.15, 0.2) is 30.3 Å². The molecule has 3 unspecified atom stereocenters. The van der Waals surface area contributed by atoms with E-state index < -0.39 is 24.1 Å². The predicted octanol–water partition coefficient (Wildman–Crippen LogP) is 0.362. The summed E-state index contributed by atoms with van der Waals surface area (Å²) in [7, 11) is 0. The Morgan fingerprint density at radius 1 is 1.19 bits per heavy atom. The second-order valence-electron chi connectivity index (χ2n) is 3.64. The van der Waals surface area contributed by atoms with E-state index >= 15 is 0 Å². The molecule has 0 amide bonds. The number of hydrogen-bond donors (Lipinski definition) is 3. The lowest BCUT2D eigenvalue weighted by molar-refractivity contribution is -0.0476. The van der Waals surface area contributed by atoms with Crippen molar-refractivity contribution in [2.45, 2.75) is 31.7 Å². The number of aliphatic hydroxyl groups excluding tert-OH is 3. The van der Waals surface area contributed by atoms with E-state index in [1.165, 1.54) is 0 Å². The zero-order chi connectivity index (χ0) is 12.1. The molecule has 88 valence electrons. The van der Waals surface area contributed by atoms with Crippen molar-refractivity contribution in [2.75, 3.05) is 0 Å². The predicted molar refractivity (Wildman–Crippen MR) is 59.1 cm³/mol. The molecule has 0 heterocycles. The van der Waals surface area contributed by atoms with Crippen LogP contribution in [0.4, 0.5) is 0 Å². The minimum atomic E-state index is -1.59. The lowest BCUT2D eigenvalue weighted by atomic mass is 9.98. The Balaban J connectivity index is 2.75. The number of Topliss-reactive ketones (excluding diaryl/α,β-unsaturated/α-hetero) is 1. The zero-order valence-electron chi connectivity index (χ0n) is 9.08. The van der Waals surface area contributed by atoms with E-state index in [0.717, 1.165) is 0 Å². The van der Waals surface area contributed by atoms with E-state index in [1.807, 2.05) is 0 Å². The van der Waals surface area contributed by atoms with Crippen LogP contribution in [-0.2, 0) is 0 Å². The van der Waals surface area contributed by atoms with Crippen LogP contribution in [0, 0.1) is 0 Å². The third-order valence-corrected chi connectivity index (χ3v) is 2.46. The highest BCUT2D eigenvalue weighted by molar-refractivity contribution is 5.99. The fraction of sp³-hybridized carbons (Fsp3) is 0.417. The number of rotatable bonds is 5. The molecular formula is C12H16O4. The molecule has 0 aliphatic carbocycles. The van der Waals surface area contributed by atoms with Crippen molar-refractivity contribution < 1.29 is 20.1 Å². The smallest absolute Gasteiger partial charge is 0.194 e. The van der Waals surface area contributed by atoms with Gasteiger partial charge in [-0.05, 0) is 6.42 Å². The van der Waals surface area contributed by atoms with Crippen molar-refractivity contribution >= 4 is 5.78 Å². The molecule has 16 heavy (non-hydrogen) atoms. The molecule has 0 saturated heterocycles. The molecule has 3 atom stereocenters. The van der Waals surface area contributed by atoms with Crippen LogP contribution in [-0.4, -0.2) is 39.4 Å². The Morgan fingerprint density at radius 2 is 1.75 bits per heavy atom. The summed E-state index contributed by atoms with van der Waals surface area (Å²) in [5, 5.41) is 28.4. The Kier molecular flexibility index (Phi) is 4.61. The molecule has 0 aromatic heterocycles. The van der Waals surface area contributed by atoms with Crippen LogP contribution in [0.25, 0.3) is 0 Å². The van der Waals surface area contributed by atoms with E-state index in [2.05, 4.69) is 0 Å². The molecule has 1 rings (SSSR count). The SMILES string of the molecule is CCC(O)C(O)C(O)C(=O)c1ccccc1. The largest absolute Gasteiger partial charge is 0.390 e. The van der Waals surface area contributed by atoms with Gasteiger partial charge in [-0.2, -0.15) is 0 Å². The van der Waals surface area contributed by atoms with Crippen molar-refractivity contribution in [1.82, 2.24) is 0 Å². The summed E-state index contributed by atoms with van der Waals surface area (Å²) in [4.78, 5) is 11.7. The molecule has 0 fully saturated rings. The van der Waals surface area contributed by atoms with Crippen molar-refractivity contribution in [1.29, 1.82) is 0 Å². The third-order valence-electron chi connectivity index (χ3n) is 2.46. The summed E-state index contributed by atoms with van der Waals surface area (Å²) in [6.07, 6.45) is -3.85. The third kappa shape index (κ3) is 2.88. The number of aliphatic hydroxyl groups is 3. The number of carbonyl (C=O) groups is 1. The van der Waals surface area contributed by atoms with Crippen LogP contribution >= 0.6 is 0 Å². The fourth-order valence-corrected chi connectivity index (χ4v) is 1.38. The van der Waals surface area contributed by atoms with Gasteiger partial charge in [-0.15, -0.1) is 0 Å². The van der Waals surface area contributed by atoms with Crippen LogP contribution in [0.2, 0.25) is 0 Å². The highest BCUT2D eigenvalue weighted by Crippen LogP contribution is 2.10. The summed E-state index contributed by atoms with van der Waals surface area (Å²) in [6, 6.07) is 8.19. The van der Waals surface area contributed by atoms with Gasteiger partial charge in [0, 0.05) is 5.56 Å². The van der Waals surface area contributed by atoms with Crippen LogP contribution in [0.5, 0.6) is 0 Å². The van der Waals surface area contributed by atoms with Gasteiger partial charge >= 0.3 is 0 Å². The quantitative estimate of drug-likeness (QED) is 0.631. The van der Waals surface area contributed by atoms with Gasteiger partial charge in [0.05, 0.1) is 6.10 Å². The summed E-state index contributed by atoms with van der Waals surface area (Å²) in [5.41, 5.74) is 0.317. The molecule has 1 aromatic carbocycles. The standard InChI is InChI=1S/C12H16O4/c1-2-9(13)11(15)12(16)10(14)8-6-4-3-5-7-8/h3-7,9,11-13,15-16H,2H2,1H3. The first kappa shape index (κ1) is 12.8. The molecule has 0 spiro atoms. The number of hydrogen-bond acceptors (Lipinski definition) is 4. The molecule has 3 N–H and O–H groups in total. The summed E-state index contributed by atoms with van der Waals surface area (Å²) in [5.74, 6) is -0.583. The average Bonchev–Trinajstić information content (AvgIpc) is 2.36. The molecule has 0 aliphatic rings. The van der Waals surface area contributed by atoms with E-state index in [0.29, 0.717) is 5.56 Å². The van der Waals surface area contributed by atoms with Gasteiger partial charge < -0.3 is 15.3 Å². The lowest BCUT2D eigenvalue weighted by Crippen LogP contribution is -2.42. The van der Waals surface area contributed by atoms with E-state index in [-0.39, 0.29) is 6.42 Å². The molecule has 0 bridgehead atoms. The molecular weight excluding hydrogens is 208 g/mol. The lowest BCUT2D eigenvalue weighted by Gasteiger charge is -2.20. The number of carbonyl (C=O) groups excluding carboxylic acids is 1. The monoisotopic (exact) mass is 224 g/mol. The minimum absolute atomic E-state index is 0.278. The molecule has 0 radical (unpaired) electrons. The zero-order valence-corrected chi connectivity index (χ0v) is 9.08. The topological polar surface area (TPSA) is 77.8 Å². The van der Waals surface area contributed by atoms with Gasteiger partial charge in [0.2, 0.25) is 0 Å². The number of benzene rings is 1. The summed E-state index contributed by atoms with van der Waals surface area (Å²) < 4.78 is 0. The van der Waals surface area contributed by atoms with Crippen molar-refractivity contribution in [2.24, 2.45) is 0 Å². The maximum Gasteiger partial charge on any atom is 0.194 e.